The normalized spacial score (nSPS) is 12.3. The standard InChI is InChI=1S/C18H20F4N2O4S/c1-17(2,8-14(26)28-9-18(21,22)15(19)20)7-13(25)24-16-23-11-5-4-10(27-3)6-12(11)29-16/h4-6,15H,7-9H2,1-3H3,(H,23,24,25). The van der Waals surface area contributed by atoms with E-state index in [0.29, 0.717) is 16.4 Å². The first-order chi connectivity index (χ1) is 13.4. The molecule has 2 rings (SSSR count). The highest BCUT2D eigenvalue weighted by Crippen LogP contribution is 2.31. The van der Waals surface area contributed by atoms with Crippen molar-refractivity contribution in [3.8, 4) is 5.75 Å². The topological polar surface area (TPSA) is 77.5 Å². The molecule has 0 aliphatic rings. The summed E-state index contributed by atoms with van der Waals surface area (Å²) < 4.78 is 60.0. The van der Waals surface area contributed by atoms with E-state index in [0.717, 1.165) is 4.70 Å². The average molecular weight is 436 g/mol. The number of aromatic nitrogens is 1. The minimum atomic E-state index is -4.41. The molecule has 1 aromatic carbocycles. The molecule has 0 aliphatic heterocycles. The molecule has 1 N–H and O–H groups in total. The number of rotatable bonds is 9. The van der Waals surface area contributed by atoms with Crippen LogP contribution < -0.4 is 10.1 Å². The summed E-state index contributed by atoms with van der Waals surface area (Å²) in [6.07, 6.45) is -4.45. The van der Waals surface area contributed by atoms with Gasteiger partial charge in [0.05, 0.1) is 23.7 Å². The molecule has 1 aromatic heterocycles. The van der Waals surface area contributed by atoms with Crippen molar-refractivity contribution < 1.29 is 36.6 Å². The number of benzene rings is 1. The van der Waals surface area contributed by atoms with E-state index in [1.807, 2.05) is 0 Å². The highest BCUT2D eigenvalue weighted by atomic mass is 32.1. The number of carbonyl (C=O) groups excluding carboxylic acids is 2. The van der Waals surface area contributed by atoms with Gasteiger partial charge in [0.1, 0.15) is 5.75 Å². The van der Waals surface area contributed by atoms with E-state index < -0.39 is 42.7 Å². The van der Waals surface area contributed by atoms with Crippen LogP contribution in [0.2, 0.25) is 0 Å². The summed E-state index contributed by atoms with van der Waals surface area (Å²) in [5.74, 6) is -5.29. The van der Waals surface area contributed by atoms with Crippen molar-refractivity contribution >= 4 is 38.6 Å². The van der Waals surface area contributed by atoms with Gasteiger partial charge in [-0.2, -0.15) is 8.78 Å². The Labute approximate surface area is 168 Å². The number of halogens is 4. The van der Waals surface area contributed by atoms with Gasteiger partial charge in [0.25, 0.3) is 0 Å². The van der Waals surface area contributed by atoms with E-state index in [1.165, 1.54) is 18.4 Å². The second-order valence-corrected chi connectivity index (χ2v) is 8.17. The number of hydrogen-bond acceptors (Lipinski definition) is 6. The number of esters is 1. The van der Waals surface area contributed by atoms with Crippen molar-refractivity contribution in [2.45, 2.75) is 39.0 Å². The predicted molar refractivity (Wildman–Crippen MR) is 99.7 cm³/mol. The molecule has 11 heteroatoms. The number of nitrogens with one attached hydrogen (secondary N) is 1. The second kappa shape index (κ2) is 8.93. The molecule has 160 valence electrons. The molecule has 29 heavy (non-hydrogen) atoms. The van der Waals surface area contributed by atoms with Crippen LogP contribution in [0.3, 0.4) is 0 Å². The maximum atomic E-state index is 12.8. The summed E-state index contributed by atoms with van der Waals surface area (Å²) in [6, 6.07) is 5.26. The number of carbonyl (C=O) groups is 2. The first kappa shape index (κ1) is 22.9. The molecule has 0 aliphatic carbocycles. The number of alkyl halides is 4. The van der Waals surface area contributed by atoms with Crippen LogP contribution in [0.25, 0.3) is 10.2 Å². The zero-order chi connectivity index (χ0) is 21.8. The van der Waals surface area contributed by atoms with Gasteiger partial charge < -0.3 is 14.8 Å². The zero-order valence-electron chi connectivity index (χ0n) is 15.9. The van der Waals surface area contributed by atoms with Crippen LogP contribution in [-0.2, 0) is 14.3 Å². The molecule has 1 amide bonds. The first-order valence-electron chi connectivity index (χ1n) is 8.48. The van der Waals surface area contributed by atoms with Crippen LogP contribution in [0.5, 0.6) is 5.75 Å². The summed E-state index contributed by atoms with van der Waals surface area (Å²) in [5.41, 5.74) is -0.268. The maximum Gasteiger partial charge on any atom is 0.340 e. The van der Waals surface area contributed by atoms with Gasteiger partial charge in [-0.25, -0.2) is 13.8 Å². The fourth-order valence-electron chi connectivity index (χ4n) is 2.43. The first-order valence-corrected chi connectivity index (χ1v) is 9.29. The van der Waals surface area contributed by atoms with Crippen LogP contribution in [0, 0.1) is 5.41 Å². The molecule has 0 unspecified atom stereocenters. The minimum Gasteiger partial charge on any atom is -0.497 e. The fourth-order valence-corrected chi connectivity index (χ4v) is 3.34. The Bertz CT molecular complexity index is 886. The Balaban J connectivity index is 1.90. The van der Waals surface area contributed by atoms with Gasteiger partial charge in [0.15, 0.2) is 11.7 Å². The average Bonchev–Trinajstić information content (AvgIpc) is 2.99. The molecule has 0 spiro atoms. The van der Waals surface area contributed by atoms with Gasteiger partial charge >= 0.3 is 18.3 Å². The Morgan fingerprint density at radius 1 is 1.24 bits per heavy atom. The molecule has 1 heterocycles. The van der Waals surface area contributed by atoms with Crippen LogP contribution in [0.15, 0.2) is 18.2 Å². The smallest absolute Gasteiger partial charge is 0.340 e. The van der Waals surface area contributed by atoms with Crippen molar-refractivity contribution in [3.63, 3.8) is 0 Å². The quantitative estimate of drug-likeness (QED) is 0.463. The van der Waals surface area contributed by atoms with Crippen molar-refractivity contribution in [1.29, 1.82) is 0 Å². The lowest BCUT2D eigenvalue weighted by Crippen LogP contribution is -2.34. The molecule has 0 saturated heterocycles. The maximum absolute atomic E-state index is 12.8. The lowest BCUT2D eigenvalue weighted by molar-refractivity contribution is -0.181. The van der Waals surface area contributed by atoms with Gasteiger partial charge in [0.2, 0.25) is 5.91 Å². The molecular formula is C18H20F4N2O4S. The molecule has 0 fully saturated rings. The van der Waals surface area contributed by atoms with E-state index >= 15 is 0 Å². The summed E-state index contributed by atoms with van der Waals surface area (Å²) in [4.78, 5) is 28.2. The number of thiazole rings is 1. The SMILES string of the molecule is COc1ccc2nc(NC(=O)CC(C)(C)CC(=O)OCC(F)(F)C(F)F)sc2c1. The molecule has 0 atom stereocenters. The highest BCUT2D eigenvalue weighted by Gasteiger charge is 2.42. The van der Waals surface area contributed by atoms with Crippen LogP contribution in [0.4, 0.5) is 22.7 Å². The van der Waals surface area contributed by atoms with Gasteiger partial charge in [-0.1, -0.05) is 25.2 Å². The van der Waals surface area contributed by atoms with Gasteiger partial charge in [-0.05, 0) is 23.6 Å². The third-order valence-corrected chi connectivity index (χ3v) is 4.78. The van der Waals surface area contributed by atoms with E-state index in [1.54, 1.807) is 32.0 Å². The van der Waals surface area contributed by atoms with Gasteiger partial charge in [-0.15, -0.1) is 0 Å². The van der Waals surface area contributed by atoms with Crippen LogP contribution >= 0.6 is 11.3 Å². The number of methoxy groups -OCH3 is 1. The van der Waals surface area contributed by atoms with Crippen LogP contribution in [0.1, 0.15) is 26.7 Å². The predicted octanol–water partition coefficient (Wildman–Crippen LogP) is 4.49. The van der Waals surface area contributed by atoms with E-state index in [2.05, 4.69) is 15.0 Å². The zero-order valence-corrected chi connectivity index (χ0v) is 16.7. The molecule has 0 radical (unpaired) electrons. The fraction of sp³-hybridized carbons (Fsp3) is 0.500. The lowest BCUT2D eigenvalue weighted by Gasteiger charge is -2.23. The number of fused-ring (bicyclic) bond motifs is 1. The van der Waals surface area contributed by atoms with Crippen LogP contribution in [-0.4, -0.2) is 42.9 Å². The monoisotopic (exact) mass is 436 g/mol. The molecule has 2 aromatic rings. The molecule has 0 saturated carbocycles. The number of amides is 1. The van der Waals surface area contributed by atoms with Crippen molar-refractivity contribution in [2.24, 2.45) is 5.41 Å². The molecule has 0 bridgehead atoms. The number of ether oxygens (including phenoxy) is 2. The van der Waals surface area contributed by atoms with E-state index in [-0.39, 0.29) is 6.42 Å². The minimum absolute atomic E-state index is 0.132. The Morgan fingerprint density at radius 3 is 2.55 bits per heavy atom. The van der Waals surface area contributed by atoms with Crippen molar-refractivity contribution in [1.82, 2.24) is 4.98 Å². The lowest BCUT2D eigenvalue weighted by atomic mass is 9.85. The van der Waals surface area contributed by atoms with Gasteiger partial charge in [-0.3, -0.25) is 9.59 Å². The Kier molecular flexibility index (Phi) is 7.04. The number of nitrogens with zero attached hydrogens (tertiary/aromatic N) is 1. The summed E-state index contributed by atoms with van der Waals surface area (Å²) in [7, 11) is 1.53. The summed E-state index contributed by atoms with van der Waals surface area (Å²) >= 11 is 1.24. The number of hydrogen-bond donors (Lipinski definition) is 1. The van der Waals surface area contributed by atoms with Gasteiger partial charge in [0, 0.05) is 6.42 Å². The molecule has 6 nitrogen and oxygen atoms in total. The summed E-state index contributed by atoms with van der Waals surface area (Å²) in [6.45, 7) is 1.41. The summed E-state index contributed by atoms with van der Waals surface area (Å²) in [5, 5.41) is 2.98. The third kappa shape index (κ3) is 6.55. The Hall–Kier alpha value is -2.43. The second-order valence-electron chi connectivity index (χ2n) is 7.14. The third-order valence-electron chi connectivity index (χ3n) is 3.85. The van der Waals surface area contributed by atoms with E-state index in [9.17, 15) is 27.2 Å². The van der Waals surface area contributed by atoms with Crippen molar-refractivity contribution in [2.75, 3.05) is 19.0 Å². The Morgan fingerprint density at radius 2 is 1.93 bits per heavy atom. The largest absolute Gasteiger partial charge is 0.497 e. The van der Waals surface area contributed by atoms with Crippen molar-refractivity contribution in [3.05, 3.63) is 18.2 Å². The highest BCUT2D eigenvalue weighted by molar-refractivity contribution is 7.22. The number of anilines is 1. The van der Waals surface area contributed by atoms with E-state index in [4.69, 9.17) is 4.74 Å². The molecular weight excluding hydrogens is 416 g/mol.